The zero-order valence-electron chi connectivity index (χ0n) is 14.5. The molecule has 1 fully saturated rings. The summed E-state index contributed by atoms with van der Waals surface area (Å²) in [6, 6.07) is 10.8. The van der Waals surface area contributed by atoms with Crippen LogP contribution < -0.4 is 9.47 Å². The predicted molar refractivity (Wildman–Crippen MR) is 96.1 cm³/mol. The summed E-state index contributed by atoms with van der Waals surface area (Å²) in [6.45, 7) is 2.62. The van der Waals surface area contributed by atoms with E-state index in [2.05, 4.69) is 4.90 Å². The van der Waals surface area contributed by atoms with Crippen molar-refractivity contribution >= 4 is 5.69 Å². The Morgan fingerprint density at radius 3 is 2.48 bits per heavy atom. The summed E-state index contributed by atoms with van der Waals surface area (Å²) in [5.41, 5.74) is 2.41. The van der Waals surface area contributed by atoms with Gasteiger partial charge in [-0.3, -0.25) is 15.0 Å². The van der Waals surface area contributed by atoms with E-state index in [9.17, 15) is 10.1 Å². The molecule has 0 saturated carbocycles. The van der Waals surface area contributed by atoms with Crippen molar-refractivity contribution in [2.45, 2.75) is 19.4 Å². The van der Waals surface area contributed by atoms with Gasteiger partial charge in [-0.05, 0) is 49.7 Å². The fourth-order valence-electron chi connectivity index (χ4n) is 3.26. The van der Waals surface area contributed by atoms with E-state index >= 15 is 0 Å². The van der Waals surface area contributed by atoms with Gasteiger partial charge in [-0.1, -0.05) is 12.1 Å². The summed E-state index contributed by atoms with van der Waals surface area (Å²) >= 11 is 0. The Balaban J connectivity index is 2.00. The summed E-state index contributed by atoms with van der Waals surface area (Å²) in [4.78, 5) is 13.5. The second kappa shape index (κ2) is 7.53. The van der Waals surface area contributed by atoms with Crippen molar-refractivity contribution < 1.29 is 14.4 Å². The highest BCUT2D eigenvalue weighted by molar-refractivity contribution is 5.74. The van der Waals surface area contributed by atoms with Crippen LogP contribution in [0.2, 0.25) is 0 Å². The van der Waals surface area contributed by atoms with Gasteiger partial charge in [0.15, 0.2) is 0 Å². The molecule has 0 unspecified atom stereocenters. The molecule has 1 heterocycles. The predicted octanol–water partition coefficient (Wildman–Crippen LogP) is 3.87. The van der Waals surface area contributed by atoms with Gasteiger partial charge in [-0.15, -0.1) is 0 Å². The maximum Gasteiger partial charge on any atom is 0.274 e. The highest BCUT2D eigenvalue weighted by Gasteiger charge is 2.20. The molecule has 0 bridgehead atoms. The van der Waals surface area contributed by atoms with Crippen LogP contribution >= 0.6 is 0 Å². The number of methoxy groups -OCH3 is 2. The van der Waals surface area contributed by atoms with Crippen LogP contribution in [0.5, 0.6) is 11.5 Å². The van der Waals surface area contributed by atoms with E-state index in [4.69, 9.17) is 9.47 Å². The highest BCUT2D eigenvalue weighted by atomic mass is 16.6. The fraction of sp³-hybridized carbons (Fsp3) is 0.368. The van der Waals surface area contributed by atoms with Crippen LogP contribution in [0.4, 0.5) is 5.69 Å². The number of rotatable bonds is 6. The van der Waals surface area contributed by atoms with Crippen molar-refractivity contribution in [3.8, 4) is 22.6 Å². The van der Waals surface area contributed by atoms with Crippen molar-refractivity contribution in [3.63, 3.8) is 0 Å². The van der Waals surface area contributed by atoms with Crippen molar-refractivity contribution in [1.82, 2.24) is 4.90 Å². The molecule has 2 aromatic carbocycles. The summed E-state index contributed by atoms with van der Waals surface area (Å²) in [5.74, 6) is 1.34. The number of ether oxygens (including phenoxy) is 2. The average Bonchev–Trinajstić information content (AvgIpc) is 3.14. The van der Waals surface area contributed by atoms with Gasteiger partial charge in [-0.25, -0.2) is 0 Å². The lowest BCUT2D eigenvalue weighted by molar-refractivity contribution is -0.385. The standard InChI is InChI=1S/C19H22N2O4/c1-24-16-7-8-19(25-2)17(12-16)14-5-6-15(18(11-14)21(22)23)13-20-9-3-4-10-20/h5-8,11-12H,3-4,9-10,13H2,1-2H3. The Kier molecular flexibility index (Phi) is 5.19. The quantitative estimate of drug-likeness (QED) is 0.589. The molecule has 1 aliphatic heterocycles. The maximum atomic E-state index is 11.6. The number of hydrogen-bond donors (Lipinski definition) is 0. The molecule has 0 spiro atoms. The fourth-order valence-corrected chi connectivity index (χ4v) is 3.26. The van der Waals surface area contributed by atoms with E-state index in [0.29, 0.717) is 18.0 Å². The maximum absolute atomic E-state index is 11.6. The lowest BCUT2D eigenvalue weighted by Gasteiger charge is -2.16. The largest absolute Gasteiger partial charge is 0.497 e. The van der Waals surface area contributed by atoms with E-state index in [1.807, 2.05) is 18.2 Å². The van der Waals surface area contributed by atoms with E-state index in [0.717, 1.165) is 42.6 Å². The minimum absolute atomic E-state index is 0.147. The Morgan fingerprint density at radius 1 is 1.08 bits per heavy atom. The molecule has 6 heteroatoms. The van der Waals surface area contributed by atoms with Crippen LogP contribution in [-0.2, 0) is 6.54 Å². The summed E-state index contributed by atoms with van der Waals surface area (Å²) in [5, 5.41) is 11.6. The topological polar surface area (TPSA) is 64.8 Å². The lowest BCUT2D eigenvalue weighted by atomic mass is 10.0. The number of nitrogens with zero attached hydrogens (tertiary/aromatic N) is 2. The molecule has 1 aliphatic rings. The SMILES string of the molecule is COc1ccc(OC)c(-c2ccc(CN3CCCC3)c([N+](=O)[O-])c2)c1. The van der Waals surface area contributed by atoms with Gasteiger partial charge in [0.25, 0.3) is 5.69 Å². The first-order chi connectivity index (χ1) is 12.1. The van der Waals surface area contributed by atoms with Gasteiger partial charge in [0.1, 0.15) is 11.5 Å². The first-order valence-electron chi connectivity index (χ1n) is 8.34. The third kappa shape index (κ3) is 3.74. The number of likely N-dealkylation sites (tertiary alicyclic amines) is 1. The van der Waals surface area contributed by atoms with Crippen molar-refractivity contribution in [3.05, 3.63) is 52.1 Å². The monoisotopic (exact) mass is 342 g/mol. The van der Waals surface area contributed by atoms with Crippen LogP contribution in [0.1, 0.15) is 18.4 Å². The zero-order chi connectivity index (χ0) is 17.8. The molecule has 0 N–H and O–H groups in total. The van der Waals surface area contributed by atoms with Crippen molar-refractivity contribution in [2.24, 2.45) is 0 Å². The van der Waals surface area contributed by atoms with E-state index in [1.54, 1.807) is 32.4 Å². The third-order valence-electron chi connectivity index (χ3n) is 4.59. The molecular weight excluding hydrogens is 320 g/mol. The van der Waals surface area contributed by atoms with Gasteiger partial charge in [0, 0.05) is 23.7 Å². The Labute approximate surface area is 147 Å². The van der Waals surface area contributed by atoms with Crippen molar-refractivity contribution in [1.29, 1.82) is 0 Å². The molecule has 2 aromatic rings. The van der Waals surface area contributed by atoms with E-state index < -0.39 is 0 Å². The number of benzene rings is 2. The smallest absolute Gasteiger partial charge is 0.274 e. The van der Waals surface area contributed by atoms with E-state index in [-0.39, 0.29) is 10.6 Å². The Bertz CT molecular complexity index is 770. The van der Waals surface area contributed by atoms with Gasteiger partial charge in [0.2, 0.25) is 0 Å². The zero-order valence-corrected chi connectivity index (χ0v) is 14.5. The summed E-state index contributed by atoms with van der Waals surface area (Å²) < 4.78 is 10.7. The Hall–Kier alpha value is -2.60. The molecule has 132 valence electrons. The normalized spacial score (nSPS) is 14.5. The molecule has 0 aliphatic carbocycles. The third-order valence-corrected chi connectivity index (χ3v) is 4.59. The molecule has 25 heavy (non-hydrogen) atoms. The van der Waals surface area contributed by atoms with Gasteiger partial charge in [0.05, 0.1) is 19.1 Å². The molecule has 1 saturated heterocycles. The molecule has 0 atom stereocenters. The van der Waals surface area contributed by atoms with Gasteiger partial charge < -0.3 is 9.47 Å². The molecular formula is C19H22N2O4. The molecule has 0 radical (unpaired) electrons. The first kappa shape index (κ1) is 17.2. The van der Waals surface area contributed by atoms with Crippen molar-refractivity contribution in [2.75, 3.05) is 27.3 Å². The number of hydrogen-bond acceptors (Lipinski definition) is 5. The minimum atomic E-state index is -0.304. The summed E-state index contributed by atoms with van der Waals surface area (Å²) in [6.07, 6.45) is 2.32. The lowest BCUT2D eigenvalue weighted by Crippen LogP contribution is -2.19. The van der Waals surface area contributed by atoms with Crippen LogP contribution in [0.15, 0.2) is 36.4 Å². The highest BCUT2D eigenvalue weighted by Crippen LogP contribution is 2.36. The number of nitro benzene ring substituents is 1. The molecule has 6 nitrogen and oxygen atoms in total. The Morgan fingerprint density at radius 2 is 1.84 bits per heavy atom. The van der Waals surface area contributed by atoms with Crippen LogP contribution in [0, 0.1) is 10.1 Å². The number of nitro groups is 1. The molecule has 3 rings (SSSR count). The van der Waals surface area contributed by atoms with E-state index in [1.165, 1.54) is 0 Å². The average molecular weight is 342 g/mol. The van der Waals surface area contributed by atoms with Crippen LogP contribution in [-0.4, -0.2) is 37.1 Å². The van der Waals surface area contributed by atoms with Crippen LogP contribution in [0.3, 0.4) is 0 Å². The second-order valence-electron chi connectivity index (χ2n) is 6.15. The van der Waals surface area contributed by atoms with Crippen LogP contribution in [0.25, 0.3) is 11.1 Å². The second-order valence-corrected chi connectivity index (χ2v) is 6.15. The van der Waals surface area contributed by atoms with Gasteiger partial charge >= 0.3 is 0 Å². The van der Waals surface area contributed by atoms with Gasteiger partial charge in [-0.2, -0.15) is 0 Å². The summed E-state index contributed by atoms with van der Waals surface area (Å²) in [7, 11) is 3.18. The first-order valence-corrected chi connectivity index (χ1v) is 8.34. The molecule has 0 amide bonds. The minimum Gasteiger partial charge on any atom is -0.497 e. The molecule has 0 aromatic heterocycles.